The van der Waals surface area contributed by atoms with Crippen LogP contribution in [-0.2, 0) is 4.74 Å². The Kier molecular flexibility index (Phi) is 2.83. The number of hydrogen-bond acceptors (Lipinski definition) is 4. The summed E-state index contributed by atoms with van der Waals surface area (Å²) in [6.45, 7) is 2.86. The van der Waals surface area contributed by atoms with Gasteiger partial charge in [-0.15, -0.1) is 0 Å². The zero-order valence-corrected chi connectivity index (χ0v) is 11.0. The monoisotopic (exact) mass is 253 g/mol. The molecule has 0 radical (unpaired) electrons. The van der Waals surface area contributed by atoms with Crippen LogP contribution in [-0.4, -0.2) is 33.5 Å². The van der Waals surface area contributed by atoms with E-state index in [4.69, 9.17) is 10.5 Å². The third-order valence-corrected chi connectivity index (χ3v) is 5.08. The molecule has 1 aromatic heterocycles. The van der Waals surface area contributed by atoms with E-state index >= 15 is 0 Å². The number of anilines is 1. The van der Waals surface area contributed by atoms with Gasteiger partial charge in [-0.1, -0.05) is 0 Å². The lowest BCUT2D eigenvalue weighted by atomic mass is 9.90. The highest BCUT2D eigenvalue weighted by Gasteiger charge is 2.41. The van der Waals surface area contributed by atoms with Gasteiger partial charge in [-0.25, -0.2) is 0 Å². The Morgan fingerprint density at radius 1 is 1.65 bits per heavy atom. The molecule has 0 aliphatic carbocycles. The molecule has 2 N–H and O–H groups in total. The number of thioether (sulfide) groups is 1. The number of nitrogen functional groups attached to an aromatic ring is 1. The van der Waals surface area contributed by atoms with Gasteiger partial charge in [0.2, 0.25) is 0 Å². The molecule has 1 aromatic rings. The van der Waals surface area contributed by atoms with E-state index in [2.05, 4.69) is 16.0 Å². The van der Waals surface area contributed by atoms with Gasteiger partial charge in [-0.3, -0.25) is 4.68 Å². The van der Waals surface area contributed by atoms with Crippen molar-refractivity contribution >= 4 is 17.6 Å². The Balaban J connectivity index is 1.79. The average molecular weight is 253 g/mol. The Bertz CT molecular complexity index is 392. The lowest BCUT2D eigenvalue weighted by molar-refractivity contribution is -0.0778. The van der Waals surface area contributed by atoms with E-state index in [1.165, 1.54) is 12.2 Å². The van der Waals surface area contributed by atoms with Crippen molar-refractivity contribution in [3.8, 4) is 0 Å². The predicted molar refractivity (Wildman–Crippen MR) is 70.3 cm³/mol. The third-order valence-electron chi connectivity index (χ3n) is 3.86. The van der Waals surface area contributed by atoms with Crippen LogP contribution in [0.5, 0.6) is 0 Å². The average Bonchev–Trinajstić information content (AvgIpc) is 2.88. The van der Waals surface area contributed by atoms with Crippen molar-refractivity contribution in [2.24, 2.45) is 0 Å². The summed E-state index contributed by atoms with van der Waals surface area (Å²) >= 11 is 2.01. The summed E-state index contributed by atoms with van der Waals surface area (Å²) in [5.74, 6) is 3.03. The van der Waals surface area contributed by atoms with Gasteiger partial charge in [-0.2, -0.15) is 16.9 Å². The van der Waals surface area contributed by atoms with E-state index in [9.17, 15) is 0 Å². The first-order valence-electron chi connectivity index (χ1n) is 6.21. The molecule has 0 aromatic carbocycles. The van der Waals surface area contributed by atoms with Crippen molar-refractivity contribution in [1.82, 2.24) is 9.78 Å². The van der Waals surface area contributed by atoms with Gasteiger partial charge in [-0.05, 0) is 31.9 Å². The first kappa shape index (κ1) is 11.4. The molecule has 1 spiro atoms. The van der Waals surface area contributed by atoms with Crippen molar-refractivity contribution in [3.05, 3.63) is 11.8 Å². The maximum absolute atomic E-state index is 6.02. The number of aryl methyl sites for hydroxylation is 1. The molecule has 2 aliphatic heterocycles. The summed E-state index contributed by atoms with van der Waals surface area (Å²) in [6.07, 6.45) is 5.39. The van der Waals surface area contributed by atoms with E-state index in [1.54, 1.807) is 0 Å². The number of nitrogens with zero attached hydrogens (tertiary/aromatic N) is 2. The number of aromatic nitrogens is 2. The van der Waals surface area contributed by atoms with Gasteiger partial charge < -0.3 is 10.5 Å². The van der Waals surface area contributed by atoms with Crippen molar-refractivity contribution in [1.29, 1.82) is 0 Å². The predicted octanol–water partition coefficient (Wildman–Crippen LogP) is 2.00. The molecule has 0 bridgehead atoms. The summed E-state index contributed by atoms with van der Waals surface area (Å²) in [4.78, 5) is 0. The topological polar surface area (TPSA) is 53.1 Å². The number of nitrogens with two attached hydrogens (primary N) is 1. The molecule has 2 unspecified atom stereocenters. The first-order chi connectivity index (χ1) is 8.19. The summed E-state index contributed by atoms with van der Waals surface area (Å²) in [5, 5.41) is 4.42. The molecule has 4 nitrogen and oxygen atoms in total. The Labute approximate surface area is 106 Å². The maximum Gasteiger partial charge on any atom is 0.148 e. The minimum absolute atomic E-state index is 0.113. The highest BCUT2D eigenvalue weighted by Crippen LogP contribution is 2.41. The minimum Gasteiger partial charge on any atom is -0.382 e. The quantitative estimate of drug-likeness (QED) is 0.831. The van der Waals surface area contributed by atoms with E-state index in [1.807, 2.05) is 18.7 Å². The molecule has 17 heavy (non-hydrogen) atoms. The maximum atomic E-state index is 6.02. The van der Waals surface area contributed by atoms with Crippen LogP contribution in [0, 0.1) is 6.92 Å². The normalized spacial score (nSPS) is 33.4. The molecule has 2 aliphatic rings. The highest BCUT2D eigenvalue weighted by atomic mass is 32.2. The second-order valence-corrected chi connectivity index (χ2v) is 6.26. The van der Waals surface area contributed by atoms with Crippen molar-refractivity contribution in [2.45, 2.75) is 37.8 Å². The standard InChI is InChI=1S/C12H19N3OS/c1-9-7-15(14-11(9)13)10-2-4-16-12(6-10)3-5-17-8-12/h7,10H,2-6,8H2,1H3,(H2,13,14). The molecular weight excluding hydrogens is 234 g/mol. The van der Waals surface area contributed by atoms with E-state index in [-0.39, 0.29) is 5.60 Å². The number of rotatable bonds is 1. The molecule has 2 saturated heterocycles. The van der Waals surface area contributed by atoms with Gasteiger partial charge in [0.1, 0.15) is 5.82 Å². The molecule has 0 saturated carbocycles. The second-order valence-electron chi connectivity index (χ2n) is 5.16. The van der Waals surface area contributed by atoms with Crippen LogP contribution in [0.2, 0.25) is 0 Å². The molecule has 0 amide bonds. The minimum atomic E-state index is 0.113. The van der Waals surface area contributed by atoms with Crippen LogP contribution in [0.4, 0.5) is 5.82 Å². The van der Waals surface area contributed by atoms with Gasteiger partial charge in [0, 0.05) is 24.1 Å². The van der Waals surface area contributed by atoms with E-state index in [0.717, 1.165) is 30.8 Å². The van der Waals surface area contributed by atoms with Crippen molar-refractivity contribution in [2.75, 3.05) is 23.8 Å². The summed E-state index contributed by atoms with van der Waals surface area (Å²) in [7, 11) is 0. The molecule has 94 valence electrons. The molecular formula is C12H19N3OS. The first-order valence-corrected chi connectivity index (χ1v) is 7.37. The van der Waals surface area contributed by atoms with Crippen LogP contribution in [0.15, 0.2) is 6.20 Å². The summed E-state index contributed by atoms with van der Waals surface area (Å²) in [5.41, 5.74) is 7.01. The van der Waals surface area contributed by atoms with E-state index in [0.29, 0.717) is 11.9 Å². The second kappa shape index (κ2) is 4.21. The lowest BCUT2D eigenvalue weighted by Crippen LogP contribution is -2.40. The fraction of sp³-hybridized carbons (Fsp3) is 0.750. The van der Waals surface area contributed by atoms with Crippen molar-refractivity contribution in [3.63, 3.8) is 0 Å². The molecule has 2 atom stereocenters. The summed E-state index contributed by atoms with van der Waals surface area (Å²) < 4.78 is 8.08. The van der Waals surface area contributed by atoms with Gasteiger partial charge >= 0.3 is 0 Å². The van der Waals surface area contributed by atoms with Crippen LogP contribution in [0.3, 0.4) is 0 Å². The Hall–Kier alpha value is -0.680. The van der Waals surface area contributed by atoms with Gasteiger partial charge in [0.05, 0.1) is 11.6 Å². The molecule has 5 heteroatoms. The van der Waals surface area contributed by atoms with Crippen molar-refractivity contribution < 1.29 is 4.74 Å². The van der Waals surface area contributed by atoms with Crippen LogP contribution in [0.1, 0.15) is 30.9 Å². The highest BCUT2D eigenvalue weighted by molar-refractivity contribution is 7.99. The largest absolute Gasteiger partial charge is 0.382 e. The number of hydrogen-bond donors (Lipinski definition) is 1. The van der Waals surface area contributed by atoms with Gasteiger partial charge in [0.15, 0.2) is 0 Å². The fourth-order valence-electron chi connectivity index (χ4n) is 2.77. The molecule has 3 rings (SSSR count). The number of ether oxygens (including phenoxy) is 1. The smallest absolute Gasteiger partial charge is 0.148 e. The fourth-order valence-corrected chi connectivity index (χ4v) is 4.15. The van der Waals surface area contributed by atoms with Crippen LogP contribution >= 0.6 is 11.8 Å². The molecule has 2 fully saturated rings. The molecule has 3 heterocycles. The van der Waals surface area contributed by atoms with Gasteiger partial charge in [0.25, 0.3) is 0 Å². The Morgan fingerprint density at radius 2 is 2.53 bits per heavy atom. The zero-order valence-electron chi connectivity index (χ0n) is 10.2. The SMILES string of the molecule is Cc1cn(C2CCOC3(CCSC3)C2)nc1N. The van der Waals surface area contributed by atoms with Crippen LogP contribution < -0.4 is 5.73 Å². The van der Waals surface area contributed by atoms with Crippen LogP contribution in [0.25, 0.3) is 0 Å². The van der Waals surface area contributed by atoms with E-state index < -0.39 is 0 Å². The zero-order chi connectivity index (χ0) is 11.9. The summed E-state index contributed by atoms with van der Waals surface area (Å²) in [6, 6.07) is 0.457. The Morgan fingerprint density at radius 3 is 3.18 bits per heavy atom. The lowest BCUT2D eigenvalue weighted by Gasteiger charge is -2.37. The third kappa shape index (κ3) is 2.06.